The van der Waals surface area contributed by atoms with Crippen molar-refractivity contribution in [3.8, 4) is 5.69 Å². The number of aromatic nitrogens is 2. The number of anilines is 1. The van der Waals surface area contributed by atoms with Crippen LogP contribution in [0.4, 0.5) is 5.82 Å². The number of hydrogen-bond donors (Lipinski definition) is 1. The topological polar surface area (TPSA) is 91.0 Å². The number of rotatable bonds is 4. The number of nitrogens with zero attached hydrogens (tertiary/aromatic N) is 6. The Bertz CT molecular complexity index is 740. The van der Waals surface area contributed by atoms with Crippen LogP contribution in [0.3, 0.4) is 0 Å². The molecule has 0 radical (unpaired) electrons. The molecule has 0 bridgehead atoms. The molecule has 0 aliphatic carbocycles. The molecule has 7 nitrogen and oxygen atoms in total. The van der Waals surface area contributed by atoms with Crippen LogP contribution < -0.4 is 5.32 Å². The summed E-state index contributed by atoms with van der Waals surface area (Å²) in [7, 11) is 0. The van der Waals surface area contributed by atoms with Crippen LogP contribution in [0.2, 0.25) is 0 Å². The van der Waals surface area contributed by atoms with E-state index < -0.39 is 0 Å². The van der Waals surface area contributed by atoms with Crippen molar-refractivity contribution >= 4 is 12.2 Å². The maximum atomic E-state index is 8.71. The summed E-state index contributed by atoms with van der Waals surface area (Å²) in [5.41, 5.74) is 11.7. The number of imidazole rings is 1. The number of benzene rings is 1. The monoisotopic (exact) mass is 295 g/mol. The van der Waals surface area contributed by atoms with E-state index in [0.29, 0.717) is 6.54 Å². The summed E-state index contributed by atoms with van der Waals surface area (Å²) in [4.78, 5) is 11.5. The highest BCUT2D eigenvalue weighted by Crippen LogP contribution is 2.29. The Balaban J connectivity index is 2.04. The Hall–Kier alpha value is -2.79. The van der Waals surface area contributed by atoms with Crippen LogP contribution in [0.1, 0.15) is 30.6 Å². The third kappa shape index (κ3) is 2.66. The summed E-state index contributed by atoms with van der Waals surface area (Å²) in [5, 5.41) is 6.93. The van der Waals surface area contributed by atoms with Crippen LogP contribution in [0, 0.1) is 0 Å². The second-order valence-electron chi connectivity index (χ2n) is 5.13. The summed E-state index contributed by atoms with van der Waals surface area (Å²) in [5.74, 6) is 0.798. The summed E-state index contributed by atoms with van der Waals surface area (Å²) in [6.07, 6.45) is 5.53. The third-order valence-corrected chi connectivity index (χ3v) is 3.60. The largest absolute Gasteiger partial charge is 0.331 e. The van der Waals surface area contributed by atoms with E-state index in [1.165, 1.54) is 5.56 Å². The van der Waals surface area contributed by atoms with Crippen LogP contribution in [-0.4, -0.2) is 22.4 Å². The maximum Gasteiger partial charge on any atom is 0.139 e. The molecule has 0 fully saturated rings. The van der Waals surface area contributed by atoms with E-state index in [1.807, 2.05) is 16.7 Å². The van der Waals surface area contributed by atoms with Crippen molar-refractivity contribution in [2.24, 2.45) is 10.1 Å². The zero-order valence-corrected chi connectivity index (χ0v) is 12.3. The number of aryl methyl sites for hydroxylation is 1. The average Bonchev–Trinajstić information content (AvgIpc) is 2.85. The first kappa shape index (κ1) is 14.2. The molecular formula is C15H17N7. The van der Waals surface area contributed by atoms with Crippen molar-refractivity contribution in [3.05, 3.63) is 52.3 Å². The first-order valence-electron chi connectivity index (χ1n) is 7.29. The number of aliphatic imine (C=N–C) groups is 1. The van der Waals surface area contributed by atoms with E-state index in [4.69, 9.17) is 5.53 Å². The number of hydrogen-bond acceptors (Lipinski definition) is 4. The zero-order chi connectivity index (χ0) is 15.4. The molecule has 3 rings (SSSR count). The minimum absolute atomic E-state index is 0.383. The maximum absolute atomic E-state index is 8.71. The molecule has 112 valence electrons. The predicted octanol–water partition coefficient (Wildman–Crippen LogP) is 3.63. The molecule has 2 heterocycles. The Morgan fingerprint density at radius 3 is 3.23 bits per heavy atom. The van der Waals surface area contributed by atoms with Gasteiger partial charge in [-0.3, -0.25) is 9.56 Å². The van der Waals surface area contributed by atoms with E-state index in [0.717, 1.165) is 30.0 Å². The molecule has 1 N–H and O–H groups in total. The van der Waals surface area contributed by atoms with Gasteiger partial charge in [-0.15, -0.1) is 0 Å². The lowest BCUT2D eigenvalue weighted by atomic mass is 10.1. The normalized spacial score (nSPS) is 16.3. The van der Waals surface area contributed by atoms with Crippen molar-refractivity contribution in [1.82, 2.24) is 9.55 Å². The molecule has 0 saturated heterocycles. The van der Waals surface area contributed by atoms with Crippen molar-refractivity contribution < 1.29 is 0 Å². The van der Waals surface area contributed by atoms with Crippen LogP contribution in [-0.2, 0) is 6.42 Å². The van der Waals surface area contributed by atoms with Gasteiger partial charge in [-0.25, -0.2) is 4.98 Å². The number of fused-ring (bicyclic) bond motifs is 1. The van der Waals surface area contributed by atoms with Gasteiger partial charge in [-0.1, -0.05) is 30.6 Å². The van der Waals surface area contributed by atoms with E-state index in [2.05, 4.69) is 44.4 Å². The SMILES string of the molecule is CCCc1cccc(-n2cnc3c2NC=NCC3N=[N+]=[N-])c1. The molecule has 1 aliphatic rings. The van der Waals surface area contributed by atoms with Gasteiger partial charge in [-0.05, 0) is 29.6 Å². The van der Waals surface area contributed by atoms with Gasteiger partial charge >= 0.3 is 0 Å². The minimum Gasteiger partial charge on any atom is -0.331 e. The highest BCUT2D eigenvalue weighted by molar-refractivity contribution is 5.77. The molecule has 1 aliphatic heterocycles. The zero-order valence-electron chi connectivity index (χ0n) is 12.3. The fraction of sp³-hybridized carbons (Fsp3) is 0.333. The van der Waals surface area contributed by atoms with Gasteiger partial charge in [0.05, 0.1) is 18.6 Å². The summed E-state index contributed by atoms with van der Waals surface area (Å²) in [6, 6.07) is 7.97. The molecule has 0 amide bonds. The lowest BCUT2D eigenvalue weighted by Gasteiger charge is -2.11. The van der Waals surface area contributed by atoms with E-state index >= 15 is 0 Å². The predicted molar refractivity (Wildman–Crippen MR) is 86.4 cm³/mol. The van der Waals surface area contributed by atoms with E-state index in [-0.39, 0.29) is 6.04 Å². The Morgan fingerprint density at radius 1 is 1.50 bits per heavy atom. The molecule has 0 spiro atoms. The standard InChI is InChI=1S/C15H17N7/c1-2-4-11-5-3-6-12(7-11)22-10-19-14-13(20-21-16)8-17-9-18-15(14)22/h3,5-7,9-10,13H,2,4,8H2,1H3,(H,17,18). The van der Waals surface area contributed by atoms with Gasteiger partial charge in [0.15, 0.2) is 0 Å². The fourth-order valence-electron chi connectivity index (χ4n) is 2.60. The molecular weight excluding hydrogens is 278 g/mol. The van der Waals surface area contributed by atoms with Crippen molar-refractivity contribution in [1.29, 1.82) is 0 Å². The average molecular weight is 295 g/mol. The molecule has 22 heavy (non-hydrogen) atoms. The van der Waals surface area contributed by atoms with Crippen molar-refractivity contribution in [2.45, 2.75) is 25.8 Å². The smallest absolute Gasteiger partial charge is 0.139 e. The third-order valence-electron chi connectivity index (χ3n) is 3.60. The Kier molecular flexibility index (Phi) is 4.07. The molecule has 2 aromatic rings. The van der Waals surface area contributed by atoms with E-state index in [9.17, 15) is 0 Å². The second kappa shape index (κ2) is 6.32. The Labute approximate surface area is 128 Å². The van der Waals surface area contributed by atoms with Gasteiger partial charge in [0.25, 0.3) is 0 Å². The van der Waals surface area contributed by atoms with Crippen LogP contribution in [0.25, 0.3) is 16.1 Å². The minimum atomic E-state index is -0.383. The first-order valence-corrected chi connectivity index (χ1v) is 7.29. The number of azide groups is 1. The molecule has 1 unspecified atom stereocenters. The summed E-state index contributed by atoms with van der Waals surface area (Å²) < 4.78 is 1.96. The summed E-state index contributed by atoms with van der Waals surface area (Å²) >= 11 is 0. The summed E-state index contributed by atoms with van der Waals surface area (Å²) in [6.45, 7) is 2.56. The second-order valence-corrected chi connectivity index (χ2v) is 5.13. The molecule has 1 aromatic heterocycles. The van der Waals surface area contributed by atoms with Gasteiger partial charge in [0, 0.05) is 10.6 Å². The van der Waals surface area contributed by atoms with Gasteiger partial charge in [0.2, 0.25) is 0 Å². The van der Waals surface area contributed by atoms with Crippen molar-refractivity contribution in [2.75, 3.05) is 11.9 Å². The van der Waals surface area contributed by atoms with Gasteiger partial charge in [-0.2, -0.15) is 0 Å². The van der Waals surface area contributed by atoms with Crippen LogP contribution in [0.15, 0.2) is 40.7 Å². The van der Waals surface area contributed by atoms with Crippen LogP contribution in [0.5, 0.6) is 0 Å². The van der Waals surface area contributed by atoms with Crippen molar-refractivity contribution in [3.63, 3.8) is 0 Å². The van der Waals surface area contributed by atoms with Gasteiger partial charge in [0.1, 0.15) is 18.2 Å². The van der Waals surface area contributed by atoms with Crippen LogP contribution >= 0.6 is 0 Å². The number of nitrogens with one attached hydrogen (secondary N) is 1. The highest BCUT2D eigenvalue weighted by atomic mass is 15.2. The van der Waals surface area contributed by atoms with E-state index in [1.54, 1.807) is 12.7 Å². The molecule has 0 saturated carbocycles. The quantitative estimate of drug-likeness (QED) is 0.530. The lowest BCUT2D eigenvalue weighted by Crippen LogP contribution is -2.04. The Morgan fingerprint density at radius 2 is 2.41 bits per heavy atom. The molecule has 1 aromatic carbocycles. The highest BCUT2D eigenvalue weighted by Gasteiger charge is 2.21. The first-order chi connectivity index (χ1) is 10.8. The lowest BCUT2D eigenvalue weighted by molar-refractivity contribution is 0.719. The molecule has 7 heteroatoms. The van der Waals surface area contributed by atoms with Gasteiger partial charge < -0.3 is 5.32 Å². The fourth-order valence-corrected chi connectivity index (χ4v) is 2.60. The molecule has 1 atom stereocenters.